The summed E-state index contributed by atoms with van der Waals surface area (Å²) in [4.78, 5) is 14.2. The number of amides is 1. The molecule has 3 N–H and O–H groups in total. The molecular weight excluding hydrogens is 228 g/mol. The van der Waals surface area contributed by atoms with E-state index in [0.717, 1.165) is 45.4 Å². The van der Waals surface area contributed by atoms with Gasteiger partial charge in [0.1, 0.15) is 0 Å². The van der Waals surface area contributed by atoms with Crippen LogP contribution in [0.15, 0.2) is 0 Å². The fraction of sp³-hybridized carbons (Fsp3) is 0.923. The van der Waals surface area contributed by atoms with Gasteiger partial charge < -0.3 is 10.6 Å². The highest BCUT2D eigenvalue weighted by Crippen LogP contribution is 2.25. The molecule has 2 fully saturated rings. The maximum absolute atomic E-state index is 12.0. The van der Waals surface area contributed by atoms with Crippen LogP contribution in [0.4, 0.5) is 0 Å². The highest BCUT2D eigenvalue weighted by atomic mass is 16.2. The summed E-state index contributed by atoms with van der Waals surface area (Å²) in [6.45, 7) is 3.89. The number of carbonyl (C=O) groups is 1. The molecule has 2 unspecified atom stereocenters. The number of piperazine rings is 1. The van der Waals surface area contributed by atoms with E-state index in [0.29, 0.717) is 18.4 Å². The topological polar surface area (TPSA) is 61.6 Å². The lowest BCUT2D eigenvalue weighted by molar-refractivity contribution is -0.127. The number of likely N-dealkylation sites (N-methyl/N-ethyl adjacent to an activating group) is 1. The van der Waals surface area contributed by atoms with Gasteiger partial charge in [-0.1, -0.05) is 6.42 Å². The predicted molar refractivity (Wildman–Crippen MR) is 71.8 cm³/mol. The summed E-state index contributed by atoms with van der Waals surface area (Å²) in [5.41, 5.74) is 8.98. The molecule has 0 spiro atoms. The summed E-state index contributed by atoms with van der Waals surface area (Å²) in [5.74, 6) is 0.653. The molecule has 2 aliphatic rings. The number of rotatable bonds is 3. The molecule has 1 amide bonds. The monoisotopic (exact) mass is 254 g/mol. The van der Waals surface area contributed by atoms with Crippen molar-refractivity contribution in [2.45, 2.75) is 38.1 Å². The van der Waals surface area contributed by atoms with Gasteiger partial charge in [-0.05, 0) is 32.2 Å². The van der Waals surface area contributed by atoms with Crippen LogP contribution >= 0.6 is 0 Å². The van der Waals surface area contributed by atoms with Gasteiger partial charge in [0.2, 0.25) is 5.91 Å². The summed E-state index contributed by atoms with van der Waals surface area (Å²) in [5, 5.41) is 2.05. The zero-order valence-electron chi connectivity index (χ0n) is 11.4. The molecule has 0 bridgehead atoms. The average molecular weight is 254 g/mol. The van der Waals surface area contributed by atoms with Crippen molar-refractivity contribution in [3.63, 3.8) is 0 Å². The molecule has 0 aromatic rings. The van der Waals surface area contributed by atoms with Gasteiger partial charge >= 0.3 is 0 Å². The lowest BCUT2D eigenvalue weighted by Crippen LogP contribution is -2.52. The van der Waals surface area contributed by atoms with Crippen LogP contribution < -0.4 is 11.2 Å². The fourth-order valence-corrected chi connectivity index (χ4v) is 2.92. The van der Waals surface area contributed by atoms with Crippen molar-refractivity contribution >= 4 is 5.91 Å². The van der Waals surface area contributed by atoms with Crippen LogP contribution in [0.25, 0.3) is 0 Å². The van der Waals surface area contributed by atoms with Crippen molar-refractivity contribution in [2.24, 2.45) is 11.7 Å². The normalized spacial score (nSPS) is 31.2. The average Bonchev–Trinajstić information content (AvgIpc) is 2.32. The van der Waals surface area contributed by atoms with Crippen LogP contribution in [-0.4, -0.2) is 55.1 Å². The van der Waals surface area contributed by atoms with E-state index in [4.69, 9.17) is 5.73 Å². The van der Waals surface area contributed by atoms with Crippen LogP contribution in [0.1, 0.15) is 32.1 Å². The van der Waals surface area contributed by atoms with Crippen LogP contribution in [0, 0.1) is 5.92 Å². The third-order valence-electron chi connectivity index (χ3n) is 4.08. The van der Waals surface area contributed by atoms with Crippen molar-refractivity contribution < 1.29 is 4.79 Å². The first kappa shape index (κ1) is 13.8. The third kappa shape index (κ3) is 4.23. The Bertz CT molecular complexity index is 276. The highest BCUT2D eigenvalue weighted by molar-refractivity contribution is 5.75. The SMILES string of the molecule is CN1CCN(NC(=O)CC2CCCC(N)C2)CC1. The molecule has 5 heteroatoms. The number of nitrogens with zero attached hydrogens (tertiary/aromatic N) is 2. The molecule has 0 aromatic heterocycles. The van der Waals surface area contributed by atoms with Crippen LogP contribution in [0.2, 0.25) is 0 Å². The van der Waals surface area contributed by atoms with E-state index in [-0.39, 0.29) is 5.91 Å². The van der Waals surface area contributed by atoms with Gasteiger partial charge in [-0.3, -0.25) is 10.2 Å². The molecule has 104 valence electrons. The second kappa shape index (κ2) is 6.50. The minimum absolute atomic E-state index is 0.165. The van der Waals surface area contributed by atoms with E-state index in [1.165, 1.54) is 6.42 Å². The standard InChI is InChI=1S/C13H26N4O/c1-16-5-7-17(8-6-16)15-13(18)10-11-3-2-4-12(14)9-11/h11-12H,2-10,14H2,1H3,(H,15,18). The van der Waals surface area contributed by atoms with Crippen molar-refractivity contribution in [1.82, 2.24) is 15.3 Å². The fourth-order valence-electron chi connectivity index (χ4n) is 2.92. The number of hydrazine groups is 1. The van der Waals surface area contributed by atoms with Gasteiger partial charge in [0, 0.05) is 38.6 Å². The number of hydrogen-bond donors (Lipinski definition) is 2. The minimum Gasteiger partial charge on any atom is -0.328 e. The van der Waals surface area contributed by atoms with E-state index in [9.17, 15) is 4.79 Å². The smallest absolute Gasteiger partial charge is 0.234 e. The molecule has 0 radical (unpaired) electrons. The molecular formula is C13H26N4O. The quantitative estimate of drug-likeness (QED) is 0.754. The Hall–Kier alpha value is -0.650. The third-order valence-corrected chi connectivity index (χ3v) is 4.08. The number of nitrogens with one attached hydrogen (secondary N) is 1. The maximum atomic E-state index is 12.0. The number of nitrogens with two attached hydrogens (primary N) is 1. The maximum Gasteiger partial charge on any atom is 0.234 e. The zero-order chi connectivity index (χ0) is 13.0. The molecule has 1 saturated carbocycles. The van der Waals surface area contributed by atoms with E-state index < -0.39 is 0 Å². The summed E-state index contributed by atoms with van der Waals surface area (Å²) < 4.78 is 0. The molecule has 1 aliphatic carbocycles. The van der Waals surface area contributed by atoms with Crippen molar-refractivity contribution in [2.75, 3.05) is 33.2 Å². The summed E-state index contributed by atoms with van der Waals surface area (Å²) >= 11 is 0. The Balaban J connectivity index is 1.68. The summed E-state index contributed by atoms with van der Waals surface area (Å²) in [6.07, 6.45) is 5.10. The van der Waals surface area contributed by atoms with E-state index >= 15 is 0 Å². The molecule has 1 heterocycles. The van der Waals surface area contributed by atoms with E-state index in [2.05, 4.69) is 17.4 Å². The Labute approximate surface area is 110 Å². The zero-order valence-corrected chi connectivity index (χ0v) is 11.4. The molecule has 0 aromatic carbocycles. The van der Waals surface area contributed by atoms with E-state index in [1.54, 1.807) is 0 Å². The van der Waals surface area contributed by atoms with Crippen LogP contribution in [0.5, 0.6) is 0 Å². The lowest BCUT2D eigenvalue weighted by atomic mass is 9.84. The van der Waals surface area contributed by atoms with Crippen LogP contribution in [0.3, 0.4) is 0 Å². The Kier molecular flexibility index (Phi) is 4.97. The first-order chi connectivity index (χ1) is 8.63. The summed E-state index contributed by atoms with van der Waals surface area (Å²) in [6, 6.07) is 0.306. The second-order valence-electron chi connectivity index (χ2n) is 5.82. The van der Waals surface area contributed by atoms with Crippen molar-refractivity contribution in [3.8, 4) is 0 Å². The Morgan fingerprint density at radius 3 is 2.67 bits per heavy atom. The van der Waals surface area contributed by atoms with Gasteiger partial charge in [0.25, 0.3) is 0 Å². The largest absolute Gasteiger partial charge is 0.328 e. The molecule has 2 rings (SSSR count). The highest BCUT2D eigenvalue weighted by Gasteiger charge is 2.23. The van der Waals surface area contributed by atoms with Crippen molar-refractivity contribution in [3.05, 3.63) is 0 Å². The first-order valence-electron chi connectivity index (χ1n) is 7.12. The van der Waals surface area contributed by atoms with Gasteiger partial charge in [-0.15, -0.1) is 0 Å². The Morgan fingerprint density at radius 1 is 1.28 bits per heavy atom. The Morgan fingerprint density at radius 2 is 2.00 bits per heavy atom. The van der Waals surface area contributed by atoms with Gasteiger partial charge in [0.05, 0.1) is 0 Å². The lowest BCUT2D eigenvalue weighted by Gasteiger charge is -2.33. The number of carbonyl (C=O) groups excluding carboxylic acids is 1. The first-order valence-corrected chi connectivity index (χ1v) is 7.12. The van der Waals surface area contributed by atoms with E-state index in [1.807, 2.05) is 5.01 Å². The molecule has 18 heavy (non-hydrogen) atoms. The summed E-state index contributed by atoms with van der Waals surface area (Å²) in [7, 11) is 2.11. The van der Waals surface area contributed by atoms with Gasteiger partial charge in [-0.2, -0.15) is 0 Å². The number of hydrogen-bond acceptors (Lipinski definition) is 4. The van der Waals surface area contributed by atoms with Gasteiger partial charge in [-0.25, -0.2) is 5.01 Å². The molecule has 2 atom stereocenters. The second-order valence-corrected chi connectivity index (χ2v) is 5.82. The van der Waals surface area contributed by atoms with Crippen molar-refractivity contribution in [1.29, 1.82) is 0 Å². The molecule has 5 nitrogen and oxygen atoms in total. The van der Waals surface area contributed by atoms with Crippen LogP contribution in [-0.2, 0) is 4.79 Å². The molecule has 1 aliphatic heterocycles. The predicted octanol–water partition coefficient (Wildman–Crippen LogP) is 0.173. The minimum atomic E-state index is 0.165. The van der Waals surface area contributed by atoms with Gasteiger partial charge in [0.15, 0.2) is 0 Å². The molecule has 1 saturated heterocycles.